The molecule has 0 spiro atoms. The molecular weight excluding hydrogens is 284 g/mol. The minimum atomic E-state index is -0.352. The average molecular weight is 304 g/mol. The second-order valence-corrected chi connectivity index (χ2v) is 7.50. The molecule has 5 heteroatoms. The summed E-state index contributed by atoms with van der Waals surface area (Å²) in [5, 5.41) is 3.00. The van der Waals surface area contributed by atoms with Crippen LogP contribution in [0.2, 0.25) is 0 Å². The molecule has 2 amide bonds. The lowest BCUT2D eigenvalue weighted by Gasteiger charge is -2.30. The lowest BCUT2D eigenvalue weighted by atomic mass is 10.1. The molecule has 112 valence electrons. The number of aryl methyl sites for hydroxylation is 1. The highest BCUT2D eigenvalue weighted by molar-refractivity contribution is 8.01. The number of rotatable bonds is 2. The van der Waals surface area contributed by atoms with Gasteiger partial charge in [0.15, 0.2) is 0 Å². The predicted octanol–water partition coefficient (Wildman–Crippen LogP) is 2.70. The third-order valence-corrected chi connectivity index (χ3v) is 6.12. The predicted molar refractivity (Wildman–Crippen MR) is 85.3 cm³/mol. The highest BCUT2D eigenvalue weighted by Gasteiger charge is 2.52. The summed E-state index contributed by atoms with van der Waals surface area (Å²) >= 11 is 1.72. The quantitative estimate of drug-likeness (QED) is 0.914. The molecule has 1 aromatic rings. The molecule has 4 nitrogen and oxygen atoms in total. The number of benzene rings is 1. The second kappa shape index (κ2) is 5.05. The van der Waals surface area contributed by atoms with Crippen molar-refractivity contribution < 1.29 is 9.59 Å². The summed E-state index contributed by atoms with van der Waals surface area (Å²) in [4.78, 5) is 26.3. The first-order chi connectivity index (χ1) is 9.92. The van der Waals surface area contributed by atoms with Crippen molar-refractivity contribution in [1.82, 2.24) is 4.90 Å². The highest BCUT2D eigenvalue weighted by atomic mass is 32.2. The molecule has 2 saturated heterocycles. The fourth-order valence-corrected chi connectivity index (χ4v) is 4.55. The van der Waals surface area contributed by atoms with Crippen molar-refractivity contribution in [1.29, 1.82) is 0 Å². The highest BCUT2D eigenvalue weighted by Crippen LogP contribution is 2.47. The molecule has 2 aliphatic rings. The Labute approximate surface area is 129 Å². The van der Waals surface area contributed by atoms with Crippen molar-refractivity contribution >= 4 is 29.3 Å². The third-order valence-electron chi connectivity index (χ3n) is 4.61. The minimum absolute atomic E-state index is 0.0739. The maximum Gasteiger partial charge on any atom is 0.248 e. The van der Waals surface area contributed by atoms with Crippen LogP contribution in [-0.2, 0) is 9.59 Å². The summed E-state index contributed by atoms with van der Waals surface area (Å²) in [6.07, 6.45) is 1.39. The van der Waals surface area contributed by atoms with E-state index in [1.165, 1.54) is 0 Å². The van der Waals surface area contributed by atoms with Crippen LogP contribution in [0.4, 0.5) is 5.69 Å². The number of hydrogen-bond donors (Lipinski definition) is 1. The molecule has 2 atom stereocenters. The van der Waals surface area contributed by atoms with Gasteiger partial charge in [0.25, 0.3) is 0 Å². The van der Waals surface area contributed by atoms with Crippen molar-refractivity contribution in [2.75, 3.05) is 11.1 Å². The SMILES string of the molecule is Cc1cccc(NC(=O)[C@@H]2CS[C@@]3(C)CCC(=O)N23)c1C. The van der Waals surface area contributed by atoms with Gasteiger partial charge >= 0.3 is 0 Å². The molecule has 0 radical (unpaired) electrons. The molecule has 0 saturated carbocycles. The molecule has 1 N–H and O–H groups in total. The van der Waals surface area contributed by atoms with Gasteiger partial charge in [-0.25, -0.2) is 0 Å². The molecule has 2 aliphatic heterocycles. The summed E-state index contributed by atoms with van der Waals surface area (Å²) in [7, 11) is 0. The maximum absolute atomic E-state index is 12.6. The van der Waals surface area contributed by atoms with Gasteiger partial charge in [0.1, 0.15) is 6.04 Å². The molecule has 0 unspecified atom stereocenters. The molecule has 0 aromatic heterocycles. The van der Waals surface area contributed by atoms with E-state index in [1.807, 2.05) is 32.0 Å². The second-order valence-electron chi connectivity index (χ2n) is 6.00. The van der Waals surface area contributed by atoms with Crippen LogP contribution in [0.1, 0.15) is 30.9 Å². The Morgan fingerprint density at radius 3 is 2.95 bits per heavy atom. The zero-order chi connectivity index (χ0) is 15.2. The number of carbonyl (C=O) groups is 2. The number of amides is 2. The fourth-order valence-electron chi connectivity index (χ4n) is 3.12. The Kier molecular flexibility index (Phi) is 3.48. The summed E-state index contributed by atoms with van der Waals surface area (Å²) in [5.41, 5.74) is 3.06. The van der Waals surface area contributed by atoms with Gasteiger partial charge in [-0.05, 0) is 44.4 Å². The zero-order valence-corrected chi connectivity index (χ0v) is 13.4. The Balaban J connectivity index is 1.80. The minimum Gasteiger partial charge on any atom is -0.324 e. The van der Waals surface area contributed by atoms with Gasteiger partial charge in [-0.2, -0.15) is 0 Å². The Hall–Kier alpha value is -1.49. The van der Waals surface area contributed by atoms with Crippen molar-refractivity contribution in [3.63, 3.8) is 0 Å². The lowest BCUT2D eigenvalue weighted by molar-refractivity contribution is -0.135. The van der Waals surface area contributed by atoms with Crippen molar-refractivity contribution in [3.8, 4) is 0 Å². The number of nitrogens with one attached hydrogen (secondary N) is 1. The smallest absolute Gasteiger partial charge is 0.248 e. The van der Waals surface area contributed by atoms with E-state index in [-0.39, 0.29) is 22.7 Å². The van der Waals surface area contributed by atoms with E-state index in [4.69, 9.17) is 0 Å². The number of thioether (sulfide) groups is 1. The fraction of sp³-hybridized carbons (Fsp3) is 0.500. The van der Waals surface area contributed by atoms with Crippen LogP contribution >= 0.6 is 11.8 Å². The first kappa shape index (κ1) is 14.4. The van der Waals surface area contributed by atoms with Crippen LogP contribution in [0.25, 0.3) is 0 Å². The van der Waals surface area contributed by atoms with E-state index in [0.29, 0.717) is 12.2 Å². The van der Waals surface area contributed by atoms with E-state index in [2.05, 4.69) is 12.2 Å². The van der Waals surface area contributed by atoms with Gasteiger partial charge in [-0.15, -0.1) is 11.8 Å². The van der Waals surface area contributed by atoms with Crippen LogP contribution in [-0.4, -0.2) is 33.4 Å². The molecule has 2 heterocycles. The Morgan fingerprint density at radius 1 is 1.43 bits per heavy atom. The Morgan fingerprint density at radius 2 is 2.19 bits per heavy atom. The average Bonchev–Trinajstić information content (AvgIpc) is 2.92. The number of fused-ring (bicyclic) bond motifs is 1. The van der Waals surface area contributed by atoms with E-state index in [0.717, 1.165) is 23.2 Å². The van der Waals surface area contributed by atoms with Crippen molar-refractivity contribution in [2.45, 2.75) is 44.5 Å². The van der Waals surface area contributed by atoms with Crippen LogP contribution in [0.5, 0.6) is 0 Å². The summed E-state index contributed by atoms with van der Waals surface area (Å²) < 4.78 is 0. The van der Waals surface area contributed by atoms with E-state index in [1.54, 1.807) is 16.7 Å². The van der Waals surface area contributed by atoms with Gasteiger partial charge in [-0.1, -0.05) is 12.1 Å². The monoisotopic (exact) mass is 304 g/mol. The summed E-state index contributed by atoms with van der Waals surface area (Å²) in [6, 6.07) is 5.52. The van der Waals surface area contributed by atoms with Gasteiger partial charge in [0.05, 0.1) is 4.87 Å². The van der Waals surface area contributed by atoms with Gasteiger partial charge in [0.2, 0.25) is 11.8 Å². The molecule has 0 aliphatic carbocycles. The molecule has 2 fully saturated rings. The number of anilines is 1. The van der Waals surface area contributed by atoms with Crippen LogP contribution in [0.15, 0.2) is 18.2 Å². The normalized spacial score (nSPS) is 27.9. The summed E-state index contributed by atoms with van der Waals surface area (Å²) in [5.74, 6) is 0.706. The van der Waals surface area contributed by atoms with E-state index >= 15 is 0 Å². The Bertz CT molecular complexity index is 616. The van der Waals surface area contributed by atoms with Crippen molar-refractivity contribution in [3.05, 3.63) is 29.3 Å². The lowest BCUT2D eigenvalue weighted by Crippen LogP contribution is -2.48. The molecule has 1 aromatic carbocycles. The number of hydrogen-bond acceptors (Lipinski definition) is 3. The van der Waals surface area contributed by atoms with Gasteiger partial charge in [-0.3, -0.25) is 9.59 Å². The topological polar surface area (TPSA) is 49.4 Å². The van der Waals surface area contributed by atoms with Crippen LogP contribution in [0, 0.1) is 13.8 Å². The summed E-state index contributed by atoms with van der Waals surface area (Å²) in [6.45, 7) is 6.09. The van der Waals surface area contributed by atoms with Gasteiger partial charge in [0, 0.05) is 17.9 Å². The van der Waals surface area contributed by atoms with Crippen molar-refractivity contribution in [2.24, 2.45) is 0 Å². The maximum atomic E-state index is 12.6. The molecular formula is C16H20N2O2S. The molecule has 0 bridgehead atoms. The number of nitrogens with zero attached hydrogens (tertiary/aromatic N) is 1. The van der Waals surface area contributed by atoms with Crippen LogP contribution in [0.3, 0.4) is 0 Å². The first-order valence-electron chi connectivity index (χ1n) is 7.25. The van der Waals surface area contributed by atoms with E-state index in [9.17, 15) is 9.59 Å². The van der Waals surface area contributed by atoms with Crippen LogP contribution < -0.4 is 5.32 Å². The zero-order valence-electron chi connectivity index (χ0n) is 12.6. The van der Waals surface area contributed by atoms with E-state index < -0.39 is 0 Å². The first-order valence-corrected chi connectivity index (χ1v) is 8.24. The van der Waals surface area contributed by atoms with Gasteiger partial charge < -0.3 is 10.2 Å². The number of carbonyl (C=O) groups excluding carboxylic acids is 2. The third kappa shape index (κ3) is 2.33. The standard InChI is InChI=1S/C16H20N2O2S/c1-10-5-4-6-12(11(10)2)17-15(20)13-9-21-16(3)8-7-14(19)18(13)16/h4-6,13H,7-9H2,1-3H3,(H,17,20)/t13-,16-/m0/s1. The largest absolute Gasteiger partial charge is 0.324 e. The molecule has 3 rings (SSSR count). The molecule has 21 heavy (non-hydrogen) atoms.